The van der Waals surface area contributed by atoms with Gasteiger partial charge in [0.05, 0.1) is 6.61 Å². The number of ether oxygens (including phenoxy) is 1. The van der Waals surface area contributed by atoms with Gasteiger partial charge in [-0.2, -0.15) is 0 Å². The van der Waals surface area contributed by atoms with E-state index in [1.165, 1.54) is 77.7 Å². The van der Waals surface area contributed by atoms with Crippen LogP contribution in [0.4, 0.5) is 0 Å². The predicted molar refractivity (Wildman–Crippen MR) is 183 cm³/mol. The first kappa shape index (κ1) is 42.3. The van der Waals surface area contributed by atoms with E-state index in [1.807, 2.05) is 0 Å². The van der Waals surface area contributed by atoms with Crippen molar-refractivity contribution in [2.75, 3.05) is 26.8 Å². The Bertz CT molecular complexity index is 876. The smallest absolute Gasteiger partial charge is 0.326 e. The summed E-state index contributed by atoms with van der Waals surface area (Å²) in [6.07, 6.45) is 22.9. The average molecular weight is 668 g/mol. The molecule has 1 unspecified atom stereocenters. The highest BCUT2D eigenvalue weighted by molar-refractivity contribution is 5.85. The van der Waals surface area contributed by atoms with Crippen molar-refractivity contribution in [1.82, 2.24) is 16.0 Å². The van der Waals surface area contributed by atoms with Crippen LogP contribution in [0.15, 0.2) is 0 Å². The van der Waals surface area contributed by atoms with Crippen molar-refractivity contribution in [3.8, 4) is 0 Å². The van der Waals surface area contributed by atoms with Gasteiger partial charge in [-0.05, 0) is 50.9 Å². The van der Waals surface area contributed by atoms with Gasteiger partial charge in [0, 0.05) is 45.4 Å². The Morgan fingerprint density at radius 1 is 0.638 bits per heavy atom. The zero-order valence-corrected chi connectivity index (χ0v) is 29.2. The molecule has 0 aromatic heterocycles. The van der Waals surface area contributed by atoms with Crippen LogP contribution in [0.3, 0.4) is 0 Å². The highest BCUT2D eigenvalue weighted by Gasteiger charge is 2.29. The maximum atomic E-state index is 12.7. The molecule has 1 saturated carbocycles. The van der Waals surface area contributed by atoms with E-state index in [9.17, 15) is 29.1 Å². The summed E-state index contributed by atoms with van der Waals surface area (Å²) in [7, 11) is 1.53. The van der Waals surface area contributed by atoms with Gasteiger partial charge in [0.2, 0.25) is 17.7 Å². The van der Waals surface area contributed by atoms with E-state index in [0.29, 0.717) is 51.3 Å². The fraction of sp³-hybridized carbons (Fsp3) is 0.861. The van der Waals surface area contributed by atoms with Gasteiger partial charge >= 0.3 is 11.9 Å². The second-order valence-corrected chi connectivity index (χ2v) is 13.4. The molecule has 11 heteroatoms. The van der Waals surface area contributed by atoms with E-state index in [0.717, 1.165) is 44.9 Å². The number of unbranched alkanes of at least 4 members (excludes halogenated alkanes) is 15. The number of rotatable bonds is 30. The minimum atomic E-state index is -1.14. The number of carboxylic acid groups (broad SMARTS) is 2. The molecule has 272 valence electrons. The van der Waals surface area contributed by atoms with Crippen LogP contribution in [0.5, 0.6) is 0 Å². The van der Waals surface area contributed by atoms with Crippen LogP contribution in [0.2, 0.25) is 0 Å². The van der Waals surface area contributed by atoms with E-state index in [1.54, 1.807) is 0 Å². The van der Waals surface area contributed by atoms with E-state index < -0.39 is 18.0 Å². The second kappa shape index (κ2) is 28.3. The molecular formula is C36H65N3O8. The van der Waals surface area contributed by atoms with Crippen molar-refractivity contribution in [2.45, 2.75) is 160 Å². The third kappa shape index (κ3) is 24.2. The molecule has 1 aliphatic carbocycles. The molecule has 0 radical (unpaired) electrons. The minimum absolute atomic E-state index is 0.0113. The van der Waals surface area contributed by atoms with Gasteiger partial charge in [-0.25, -0.2) is 4.79 Å². The first-order valence-corrected chi connectivity index (χ1v) is 18.5. The van der Waals surface area contributed by atoms with Crippen LogP contribution >= 0.6 is 0 Å². The molecule has 0 heterocycles. The normalized spacial score (nSPS) is 16.7. The van der Waals surface area contributed by atoms with Crippen molar-refractivity contribution in [1.29, 1.82) is 0 Å². The maximum absolute atomic E-state index is 12.7. The number of hydrogen-bond donors (Lipinski definition) is 5. The van der Waals surface area contributed by atoms with Crippen molar-refractivity contribution in [3.63, 3.8) is 0 Å². The van der Waals surface area contributed by atoms with E-state index in [2.05, 4.69) is 16.0 Å². The summed E-state index contributed by atoms with van der Waals surface area (Å²) in [4.78, 5) is 59.0. The lowest BCUT2D eigenvalue weighted by Gasteiger charge is -2.28. The van der Waals surface area contributed by atoms with Crippen LogP contribution in [-0.2, 0) is 28.7 Å². The molecule has 0 saturated heterocycles. The lowest BCUT2D eigenvalue weighted by molar-refractivity contribution is -0.143. The summed E-state index contributed by atoms with van der Waals surface area (Å²) >= 11 is 0. The van der Waals surface area contributed by atoms with E-state index in [4.69, 9.17) is 9.84 Å². The number of carboxylic acids is 2. The van der Waals surface area contributed by atoms with Crippen LogP contribution < -0.4 is 16.0 Å². The Morgan fingerprint density at radius 3 is 1.57 bits per heavy atom. The van der Waals surface area contributed by atoms with Gasteiger partial charge in [0.1, 0.15) is 6.04 Å². The lowest BCUT2D eigenvalue weighted by atomic mass is 9.81. The Morgan fingerprint density at radius 2 is 1.11 bits per heavy atom. The molecule has 1 rings (SSSR count). The first-order chi connectivity index (χ1) is 22.7. The molecule has 47 heavy (non-hydrogen) atoms. The first-order valence-electron chi connectivity index (χ1n) is 18.5. The molecule has 11 nitrogen and oxygen atoms in total. The van der Waals surface area contributed by atoms with Crippen molar-refractivity contribution < 1.29 is 38.9 Å². The third-order valence-electron chi connectivity index (χ3n) is 9.25. The Balaban J connectivity index is 1.98. The van der Waals surface area contributed by atoms with Gasteiger partial charge in [0.15, 0.2) is 0 Å². The fourth-order valence-electron chi connectivity index (χ4n) is 6.22. The monoisotopic (exact) mass is 667 g/mol. The van der Waals surface area contributed by atoms with Gasteiger partial charge in [-0.15, -0.1) is 0 Å². The standard InChI is InChI=1S/C36H65N3O8/c1-47-27-26-37-33(41)25-24-31(36(45)46)39-35(44)30-22-20-29(21-23-30)28-38-32(40)18-16-14-12-10-8-6-4-2-3-5-7-9-11-13-15-17-19-34(42)43/h29-31H,2-28H2,1H3,(H,37,41)(H,38,40)(H,39,44)(H,42,43)(H,45,46). The van der Waals surface area contributed by atoms with Gasteiger partial charge in [-0.3, -0.25) is 19.2 Å². The zero-order chi connectivity index (χ0) is 34.5. The van der Waals surface area contributed by atoms with Crippen LogP contribution in [0, 0.1) is 11.8 Å². The SMILES string of the molecule is COCCNC(=O)CCC(NC(=O)C1CCC(CNC(=O)CCCCCCCCCCCCCCCCCCC(=O)O)CC1)C(=O)O. The van der Waals surface area contributed by atoms with Crippen LogP contribution in [0.1, 0.15) is 154 Å². The second-order valence-electron chi connectivity index (χ2n) is 13.4. The Labute approximate surface area is 283 Å². The third-order valence-corrected chi connectivity index (χ3v) is 9.25. The minimum Gasteiger partial charge on any atom is -0.481 e. The summed E-state index contributed by atoms with van der Waals surface area (Å²) in [5, 5.41) is 26.5. The van der Waals surface area contributed by atoms with Crippen LogP contribution in [0.25, 0.3) is 0 Å². The van der Waals surface area contributed by atoms with Gasteiger partial charge < -0.3 is 30.9 Å². The average Bonchev–Trinajstić information content (AvgIpc) is 3.05. The number of carbonyl (C=O) groups is 5. The fourth-order valence-corrected chi connectivity index (χ4v) is 6.22. The number of nitrogens with one attached hydrogen (secondary N) is 3. The molecule has 1 fully saturated rings. The predicted octanol–water partition coefficient (Wildman–Crippen LogP) is 6.13. The quantitative estimate of drug-likeness (QED) is 0.0570. The highest BCUT2D eigenvalue weighted by atomic mass is 16.5. The van der Waals surface area contributed by atoms with E-state index in [-0.39, 0.29) is 36.5 Å². The highest BCUT2D eigenvalue weighted by Crippen LogP contribution is 2.29. The zero-order valence-electron chi connectivity index (χ0n) is 29.2. The van der Waals surface area contributed by atoms with Gasteiger partial charge in [-0.1, -0.05) is 89.9 Å². The Kier molecular flexibility index (Phi) is 25.5. The number of amides is 3. The van der Waals surface area contributed by atoms with Crippen molar-refractivity contribution in [3.05, 3.63) is 0 Å². The molecule has 0 aliphatic heterocycles. The summed E-state index contributed by atoms with van der Waals surface area (Å²) in [6, 6.07) is -1.10. The molecule has 0 spiro atoms. The number of hydrogen-bond acceptors (Lipinski definition) is 6. The largest absolute Gasteiger partial charge is 0.481 e. The summed E-state index contributed by atoms with van der Waals surface area (Å²) in [6.45, 7) is 1.36. The number of aliphatic carboxylic acids is 2. The molecule has 1 atom stereocenters. The molecule has 0 bridgehead atoms. The molecule has 0 aromatic carbocycles. The molecule has 0 aromatic rings. The van der Waals surface area contributed by atoms with Crippen molar-refractivity contribution >= 4 is 29.7 Å². The lowest BCUT2D eigenvalue weighted by Crippen LogP contribution is -2.45. The number of carbonyl (C=O) groups excluding carboxylic acids is 3. The number of methoxy groups -OCH3 is 1. The Hall–Kier alpha value is -2.69. The molecular weight excluding hydrogens is 602 g/mol. The van der Waals surface area contributed by atoms with E-state index >= 15 is 0 Å². The summed E-state index contributed by atoms with van der Waals surface area (Å²) < 4.78 is 4.87. The van der Waals surface area contributed by atoms with Crippen molar-refractivity contribution in [2.24, 2.45) is 11.8 Å². The summed E-state index contributed by atoms with van der Waals surface area (Å²) in [5.74, 6) is -2.20. The molecule has 5 N–H and O–H groups in total. The topological polar surface area (TPSA) is 171 Å². The van der Waals surface area contributed by atoms with Gasteiger partial charge in [0.25, 0.3) is 0 Å². The molecule has 3 amide bonds. The van der Waals surface area contributed by atoms with Crippen LogP contribution in [-0.4, -0.2) is 72.7 Å². The molecule has 1 aliphatic rings. The summed E-state index contributed by atoms with van der Waals surface area (Å²) in [5.41, 5.74) is 0. The maximum Gasteiger partial charge on any atom is 0.326 e.